The minimum absolute atomic E-state index is 0.117. The van der Waals surface area contributed by atoms with Gasteiger partial charge in [-0.15, -0.1) is 0 Å². The molecule has 0 unspecified atom stereocenters. The summed E-state index contributed by atoms with van der Waals surface area (Å²) in [6, 6.07) is 8.99. The number of likely N-dealkylation sites (tertiary alicyclic amines) is 1. The lowest BCUT2D eigenvalue weighted by atomic mass is 9.99. The van der Waals surface area contributed by atoms with E-state index in [1.165, 1.54) is 6.07 Å². The number of benzene rings is 1. The summed E-state index contributed by atoms with van der Waals surface area (Å²) in [5.74, 6) is 1.73. The number of carbonyl (C=O) groups excluding carboxylic acids is 1. The Hall–Kier alpha value is -3.09. The molecule has 0 atom stereocenters. The van der Waals surface area contributed by atoms with Crippen LogP contribution < -0.4 is 10.3 Å². The van der Waals surface area contributed by atoms with Gasteiger partial charge in [0, 0.05) is 38.0 Å². The first-order chi connectivity index (χ1) is 13.5. The number of hydrogen-bond acceptors (Lipinski definition) is 4. The van der Waals surface area contributed by atoms with Crippen molar-refractivity contribution >= 4 is 11.7 Å². The first-order valence-electron chi connectivity index (χ1n) is 9.50. The average molecular weight is 380 g/mol. The molecule has 3 heterocycles. The second-order valence-corrected chi connectivity index (χ2v) is 7.43. The van der Waals surface area contributed by atoms with E-state index in [1.807, 2.05) is 47.0 Å². The lowest BCUT2D eigenvalue weighted by Gasteiger charge is -2.30. The predicted molar refractivity (Wildman–Crippen MR) is 107 cm³/mol. The Morgan fingerprint density at radius 2 is 1.86 bits per heavy atom. The van der Waals surface area contributed by atoms with E-state index in [4.69, 9.17) is 4.74 Å². The molecule has 1 aliphatic rings. The van der Waals surface area contributed by atoms with Gasteiger partial charge in [-0.2, -0.15) is 4.98 Å². The van der Waals surface area contributed by atoms with Gasteiger partial charge in [0.2, 0.25) is 5.78 Å². The van der Waals surface area contributed by atoms with Crippen molar-refractivity contribution in [3.63, 3.8) is 0 Å². The Morgan fingerprint density at radius 1 is 1.18 bits per heavy atom. The molecule has 28 heavy (non-hydrogen) atoms. The van der Waals surface area contributed by atoms with Crippen molar-refractivity contribution in [2.45, 2.75) is 19.8 Å². The topological polar surface area (TPSA) is 68.8 Å². The van der Waals surface area contributed by atoms with Crippen LogP contribution in [-0.4, -0.2) is 45.0 Å². The van der Waals surface area contributed by atoms with Crippen molar-refractivity contribution in [3.8, 4) is 17.0 Å². The SMILES string of the molecule is COc1ccc(-c2cn3c(C(=O)N4CCC(C)CC4)cc(=O)nc3n2C)cc1. The molecular weight excluding hydrogens is 356 g/mol. The second-order valence-electron chi connectivity index (χ2n) is 7.43. The van der Waals surface area contributed by atoms with Crippen molar-refractivity contribution in [1.82, 2.24) is 18.9 Å². The van der Waals surface area contributed by atoms with Crippen molar-refractivity contribution in [2.24, 2.45) is 13.0 Å². The van der Waals surface area contributed by atoms with Gasteiger partial charge < -0.3 is 14.2 Å². The van der Waals surface area contributed by atoms with Crippen LogP contribution >= 0.6 is 0 Å². The molecule has 0 radical (unpaired) electrons. The molecule has 0 saturated carbocycles. The molecule has 0 aliphatic carbocycles. The molecule has 4 rings (SSSR count). The van der Waals surface area contributed by atoms with Crippen LogP contribution in [0.3, 0.4) is 0 Å². The zero-order valence-corrected chi connectivity index (χ0v) is 16.4. The maximum atomic E-state index is 13.1. The summed E-state index contributed by atoms with van der Waals surface area (Å²) in [6.07, 6.45) is 3.84. The lowest BCUT2D eigenvalue weighted by Crippen LogP contribution is -2.39. The third-order valence-electron chi connectivity index (χ3n) is 5.53. The maximum Gasteiger partial charge on any atom is 0.275 e. The fourth-order valence-corrected chi connectivity index (χ4v) is 3.73. The highest BCUT2D eigenvalue weighted by Crippen LogP contribution is 2.25. The van der Waals surface area contributed by atoms with E-state index in [0.717, 1.165) is 42.9 Å². The molecule has 0 bridgehead atoms. The van der Waals surface area contributed by atoms with Crippen LogP contribution in [0.5, 0.6) is 5.75 Å². The molecule has 7 nitrogen and oxygen atoms in total. The first kappa shape index (κ1) is 18.3. The maximum absolute atomic E-state index is 13.1. The highest BCUT2D eigenvalue weighted by molar-refractivity contribution is 5.93. The minimum Gasteiger partial charge on any atom is -0.497 e. The monoisotopic (exact) mass is 380 g/mol. The van der Waals surface area contributed by atoms with Gasteiger partial charge in [0.15, 0.2) is 0 Å². The Labute approximate surface area is 163 Å². The molecule has 3 aromatic rings. The number of piperidine rings is 1. The van der Waals surface area contributed by atoms with Gasteiger partial charge in [0.1, 0.15) is 11.4 Å². The molecule has 2 aromatic heterocycles. The highest BCUT2D eigenvalue weighted by atomic mass is 16.5. The summed E-state index contributed by atoms with van der Waals surface area (Å²) in [6.45, 7) is 3.64. The number of carbonyl (C=O) groups is 1. The summed E-state index contributed by atoms with van der Waals surface area (Å²) in [5, 5.41) is 0. The molecule has 1 aliphatic heterocycles. The smallest absolute Gasteiger partial charge is 0.275 e. The second kappa shape index (κ2) is 7.14. The van der Waals surface area contributed by atoms with Crippen LogP contribution in [0.15, 0.2) is 41.3 Å². The van der Waals surface area contributed by atoms with Gasteiger partial charge in [-0.1, -0.05) is 6.92 Å². The molecular formula is C21H24N4O3. The molecule has 0 N–H and O–H groups in total. The fourth-order valence-electron chi connectivity index (χ4n) is 3.73. The Kier molecular flexibility index (Phi) is 4.66. The number of ether oxygens (including phenoxy) is 1. The zero-order valence-electron chi connectivity index (χ0n) is 16.4. The van der Waals surface area contributed by atoms with Crippen molar-refractivity contribution < 1.29 is 9.53 Å². The molecule has 1 amide bonds. The zero-order chi connectivity index (χ0) is 19.8. The van der Waals surface area contributed by atoms with Crippen molar-refractivity contribution in [1.29, 1.82) is 0 Å². The Balaban J connectivity index is 1.79. The van der Waals surface area contributed by atoms with Crippen LogP contribution in [0.1, 0.15) is 30.3 Å². The quantitative estimate of drug-likeness (QED) is 0.700. The normalized spacial score (nSPS) is 15.2. The summed E-state index contributed by atoms with van der Waals surface area (Å²) < 4.78 is 8.77. The van der Waals surface area contributed by atoms with Crippen LogP contribution in [0.2, 0.25) is 0 Å². The van der Waals surface area contributed by atoms with Crippen LogP contribution in [0.4, 0.5) is 0 Å². The number of hydrogen-bond donors (Lipinski definition) is 0. The van der Waals surface area contributed by atoms with E-state index in [0.29, 0.717) is 17.4 Å². The number of rotatable bonds is 3. The largest absolute Gasteiger partial charge is 0.497 e. The van der Waals surface area contributed by atoms with Gasteiger partial charge in [-0.25, -0.2) is 0 Å². The summed E-state index contributed by atoms with van der Waals surface area (Å²) in [5.41, 5.74) is 1.77. The first-order valence-corrected chi connectivity index (χ1v) is 9.50. The van der Waals surface area contributed by atoms with Gasteiger partial charge >= 0.3 is 0 Å². The van der Waals surface area contributed by atoms with E-state index >= 15 is 0 Å². The fraction of sp³-hybridized carbons (Fsp3) is 0.381. The number of aromatic nitrogens is 3. The van der Waals surface area contributed by atoms with E-state index in [-0.39, 0.29) is 5.91 Å². The number of methoxy groups -OCH3 is 1. The lowest BCUT2D eigenvalue weighted by molar-refractivity contribution is 0.0689. The van der Waals surface area contributed by atoms with Gasteiger partial charge in [0.05, 0.1) is 12.8 Å². The highest BCUT2D eigenvalue weighted by Gasteiger charge is 2.25. The third-order valence-corrected chi connectivity index (χ3v) is 5.53. The molecule has 1 saturated heterocycles. The van der Waals surface area contributed by atoms with Gasteiger partial charge in [-0.05, 0) is 43.0 Å². The third kappa shape index (κ3) is 3.17. The number of nitrogens with zero attached hydrogens (tertiary/aromatic N) is 4. The number of imidazole rings is 1. The molecule has 0 spiro atoms. The predicted octanol–water partition coefficient (Wildman–Crippen LogP) is 2.58. The Bertz CT molecular complexity index is 1070. The average Bonchev–Trinajstić information content (AvgIpc) is 3.04. The molecule has 7 heteroatoms. The van der Waals surface area contributed by atoms with Crippen molar-refractivity contribution in [3.05, 3.63) is 52.6 Å². The van der Waals surface area contributed by atoms with Gasteiger partial charge in [-0.3, -0.25) is 14.0 Å². The van der Waals surface area contributed by atoms with E-state index in [1.54, 1.807) is 11.5 Å². The van der Waals surface area contributed by atoms with Crippen molar-refractivity contribution in [2.75, 3.05) is 20.2 Å². The summed E-state index contributed by atoms with van der Waals surface area (Å²) in [4.78, 5) is 31.3. The van der Waals surface area contributed by atoms with Crippen LogP contribution in [-0.2, 0) is 7.05 Å². The van der Waals surface area contributed by atoms with Crippen LogP contribution in [0, 0.1) is 5.92 Å². The number of amides is 1. The van der Waals surface area contributed by atoms with E-state index in [9.17, 15) is 9.59 Å². The summed E-state index contributed by atoms with van der Waals surface area (Å²) in [7, 11) is 3.47. The number of aryl methyl sites for hydroxylation is 1. The summed E-state index contributed by atoms with van der Waals surface area (Å²) >= 11 is 0. The molecule has 146 valence electrons. The van der Waals surface area contributed by atoms with Crippen LogP contribution in [0.25, 0.3) is 17.0 Å². The minimum atomic E-state index is -0.406. The molecule has 1 aromatic carbocycles. The Morgan fingerprint density at radius 3 is 2.50 bits per heavy atom. The molecule has 1 fully saturated rings. The van der Waals surface area contributed by atoms with E-state index in [2.05, 4.69) is 11.9 Å². The number of fused-ring (bicyclic) bond motifs is 1. The van der Waals surface area contributed by atoms with Gasteiger partial charge in [0.25, 0.3) is 11.5 Å². The van der Waals surface area contributed by atoms with E-state index < -0.39 is 5.56 Å². The standard InChI is InChI=1S/C21H24N4O3/c1-14-8-10-24(11-9-14)20(27)17-12-19(26)22-21-23(2)18(13-25(17)21)15-4-6-16(28-3)7-5-15/h4-7,12-14H,8-11H2,1-3H3.